The molecule has 56 valence electrons. The van der Waals surface area contributed by atoms with E-state index in [0.29, 0.717) is 5.41 Å². The van der Waals surface area contributed by atoms with Gasteiger partial charge in [-0.3, -0.25) is 0 Å². The van der Waals surface area contributed by atoms with Crippen LogP contribution in [0.2, 0.25) is 0 Å². The van der Waals surface area contributed by atoms with Crippen molar-refractivity contribution >= 4 is 0 Å². The second-order valence-electron chi connectivity index (χ2n) is 3.96. The van der Waals surface area contributed by atoms with E-state index in [2.05, 4.69) is 19.6 Å². The Morgan fingerprint density at radius 1 is 1.50 bits per heavy atom. The van der Waals surface area contributed by atoms with Gasteiger partial charge in [-0.05, 0) is 30.1 Å². The predicted molar refractivity (Wildman–Crippen MR) is 43.8 cm³/mol. The van der Waals surface area contributed by atoms with Gasteiger partial charge in [-0.15, -0.1) is 6.58 Å². The molecule has 0 aromatic heterocycles. The number of rotatable bonds is 1. The Bertz CT molecular complexity index is 159. The van der Waals surface area contributed by atoms with E-state index in [-0.39, 0.29) is 0 Å². The zero-order chi connectivity index (χ0) is 7.19. The van der Waals surface area contributed by atoms with Crippen molar-refractivity contribution in [3.8, 4) is 0 Å². The van der Waals surface area contributed by atoms with Crippen molar-refractivity contribution in [3.05, 3.63) is 12.7 Å². The largest absolute Gasteiger partial charge is 0.103 e. The molecule has 0 aromatic rings. The topological polar surface area (TPSA) is 0 Å². The van der Waals surface area contributed by atoms with Crippen LogP contribution < -0.4 is 0 Å². The van der Waals surface area contributed by atoms with E-state index in [0.717, 1.165) is 11.8 Å². The van der Waals surface area contributed by atoms with Gasteiger partial charge in [0.1, 0.15) is 0 Å². The molecular weight excluding hydrogens is 120 g/mol. The molecule has 0 saturated heterocycles. The first-order valence-electron chi connectivity index (χ1n) is 4.45. The van der Waals surface area contributed by atoms with E-state index in [1.54, 1.807) is 0 Å². The zero-order valence-electron chi connectivity index (χ0n) is 6.77. The molecule has 2 rings (SSSR count). The Kier molecular flexibility index (Phi) is 1.21. The van der Waals surface area contributed by atoms with Crippen molar-refractivity contribution in [2.24, 2.45) is 17.3 Å². The van der Waals surface area contributed by atoms with E-state index < -0.39 is 0 Å². The van der Waals surface area contributed by atoms with Gasteiger partial charge in [-0.1, -0.05) is 25.8 Å². The minimum absolute atomic E-state index is 0.609. The molecule has 0 N–H and O–H groups in total. The normalized spacial score (nSPS) is 51.7. The lowest BCUT2D eigenvalue weighted by Gasteiger charge is -2.17. The van der Waals surface area contributed by atoms with Gasteiger partial charge < -0.3 is 0 Å². The van der Waals surface area contributed by atoms with Crippen LogP contribution in [0, 0.1) is 17.3 Å². The molecule has 2 fully saturated rings. The molecule has 0 unspecified atom stereocenters. The van der Waals surface area contributed by atoms with Crippen molar-refractivity contribution < 1.29 is 0 Å². The van der Waals surface area contributed by atoms with Gasteiger partial charge in [0.2, 0.25) is 0 Å². The third-order valence-electron chi connectivity index (χ3n) is 3.79. The Hall–Kier alpha value is -0.260. The van der Waals surface area contributed by atoms with Crippen molar-refractivity contribution in [1.29, 1.82) is 0 Å². The van der Waals surface area contributed by atoms with Crippen LogP contribution >= 0.6 is 0 Å². The van der Waals surface area contributed by atoms with Crippen LogP contribution in [0.4, 0.5) is 0 Å². The lowest BCUT2D eigenvalue weighted by atomic mass is 9.88. The van der Waals surface area contributed by atoms with Crippen LogP contribution in [0.15, 0.2) is 12.7 Å². The fourth-order valence-electron chi connectivity index (χ4n) is 2.92. The summed E-state index contributed by atoms with van der Waals surface area (Å²) in [5.41, 5.74) is 0.609. The molecule has 2 aliphatic rings. The Balaban J connectivity index is 2.16. The SMILES string of the molecule is C=C[C@]12CCCC[C@H]1[C@H]2C. The van der Waals surface area contributed by atoms with Crippen molar-refractivity contribution in [2.75, 3.05) is 0 Å². The lowest BCUT2D eigenvalue weighted by molar-refractivity contribution is 0.401. The third-order valence-corrected chi connectivity index (χ3v) is 3.79. The molecule has 3 atom stereocenters. The fraction of sp³-hybridized carbons (Fsp3) is 0.800. The minimum Gasteiger partial charge on any atom is -0.103 e. The van der Waals surface area contributed by atoms with Crippen LogP contribution in [0.5, 0.6) is 0 Å². The number of hydrogen-bond acceptors (Lipinski definition) is 0. The maximum atomic E-state index is 3.95. The molecule has 0 spiro atoms. The average Bonchev–Trinajstić information content (AvgIpc) is 2.60. The molecule has 10 heavy (non-hydrogen) atoms. The summed E-state index contributed by atoms with van der Waals surface area (Å²) in [6, 6.07) is 0. The second-order valence-corrected chi connectivity index (χ2v) is 3.96. The maximum Gasteiger partial charge on any atom is -0.00612 e. The summed E-state index contributed by atoms with van der Waals surface area (Å²) >= 11 is 0. The highest BCUT2D eigenvalue weighted by Crippen LogP contribution is 2.66. The third kappa shape index (κ3) is 0.574. The quantitative estimate of drug-likeness (QED) is 0.486. The van der Waals surface area contributed by atoms with Crippen LogP contribution in [0.3, 0.4) is 0 Å². The molecule has 0 nitrogen and oxygen atoms in total. The molecule has 0 amide bonds. The summed E-state index contributed by atoms with van der Waals surface area (Å²) < 4.78 is 0. The van der Waals surface area contributed by atoms with Crippen molar-refractivity contribution in [2.45, 2.75) is 32.6 Å². The Labute approximate surface area is 63.3 Å². The highest BCUT2D eigenvalue weighted by molar-refractivity contribution is 5.18. The molecular formula is C10H16. The summed E-state index contributed by atoms with van der Waals surface area (Å²) in [7, 11) is 0. The van der Waals surface area contributed by atoms with E-state index in [1.807, 2.05) is 0 Å². The van der Waals surface area contributed by atoms with Crippen LogP contribution in [-0.4, -0.2) is 0 Å². The van der Waals surface area contributed by atoms with E-state index >= 15 is 0 Å². The molecule has 0 bridgehead atoms. The van der Waals surface area contributed by atoms with Gasteiger partial charge in [0.15, 0.2) is 0 Å². The first-order chi connectivity index (χ1) is 4.81. The predicted octanol–water partition coefficient (Wildman–Crippen LogP) is 3.00. The van der Waals surface area contributed by atoms with Crippen molar-refractivity contribution in [1.82, 2.24) is 0 Å². The van der Waals surface area contributed by atoms with Crippen LogP contribution in [0.25, 0.3) is 0 Å². The summed E-state index contributed by atoms with van der Waals surface area (Å²) in [6.45, 7) is 6.33. The highest BCUT2D eigenvalue weighted by atomic mass is 14.6. The Morgan fingerprint density at radius 2 is 2.30 bits per heavy atom. The van der Waals surface area contributed by atoms with E-state index in [1.165, 1.54) is 25.7 Å². The molecule has 0 aromatic carbocycles. The monoisotopic (exact) mass is 136 g/mol. The average molecular weight is 136 g/mol. The van der Waals surface area contributed by atoms with Gasteiger partial charge in [0, 0.05) is 0 Å². The zero-order valence-corrected chi connectivity index (χ0v) is 6.77. The highest BCUT2D eigenvalue weighted by Gasteiger charge is 2.59. The minimum atomic E-state index is 0.609. The fourth-order valence-corrected chi connectivity index (χ4v) is 2.92. The molecule has 2 saturated carbocycles. The van der Waals surface area contributed by atoms with Gasteiger partial charge in [0.05, 0.1) is 0 Å². The molecule has 0 heteroatoms. The standard InChI is InChI=1S/C10H16/c1-3-10-7-5-4-6-9(10)8(10)2/h3,8-9H,1,4-7H2,2H3/t8-,9+,10-/m1/s1. The van der Waals surface area contributed by atoms with Gasteiger partial charge in [-0.2, -0.15) is 0 Å². The van der Waals surface area contributed by atoms with Gasteiger partial charge in [-0.25, -0.2) is 0 Å². The number of hydrogen-bond donors (Lipinski definition) is 0. The van der Waals surface area contributed by atoms with Crippen LogP contribution in [-0.2, 0) is 0 Å². The van der Waals surface area contributed by atoms with E-state index in [9.17, 15) is 0 Å². The smallest absolute Gasteiger partial charge is 0.00612 e. The lowest BCUT2D eigenvalue weighted by Crippen LogP contribution is -2.05. The first kappa shape index (κ1) is 6.45. The Morgan fingerprint density at radius 3 is 2.80 bits per heavy atom. The second kappa shape index (κ2) is 1.87. The maximum absolute atomic E-state index is 3.95. The van der Waals surface area contributed by atoms with Gasteiger partial charge >= 0.3 is 0 Å². The van der Waals surface area contributed by atoms with Gasteiger partial charge in [0.25, 0.3) is 0 Å². The molecule has 0 heterocycles. The summed E-state index contributed by atoms with van der Waals surface area (Å²) in [4.78, 5) is 0. The number of fused-ring (bicyclic) bond motifs is 1. The number of allylic oxidation sites excluding steroid dienone is 1. The molecule has 0 radical (unpaired) electrons. The van der Waals surface area contributed by atoms with Crippen molar-refractivity contribution in [3.63, 3.8) is 0 Å². The van der Waals surface area contributed by atoms with Crippen LogP contribution in [0.1, 0.15) is 32.6 Å². The molecule has 2 aliphatic carbocycles. The first-order valence-corrected chi connectivity index (χ1v) is 4.45. The summed E-state index contributed by atoms with van der Waals surface area (Å²) in [5, 5.41) is 0. The summed E-state index contributed by atoms with van der Waals surface area (Å²) in [6.07, 6.45) is 8.01. The van der Waals surface area contributed by atoms with E-state index in [4.69, 9.17) is 0 Å². The summed E-state index contributed by atoms with van der Waals surface area (Å²) in [5.74, 6) is 1.96. The molecule has 0 aliphatic heterocycles.